The zero-order chi connectivity index (χ0) is 28.8. The monoisotopic (exact) mass is 538 g/mol. The molecule has 0 atom stereocenters. The van der Waals surface area contributed by atoms with Crippen LogP contribution in [0.1, 0.15) is 41.2 Å². The quantitative estimate of drug-likeness (QED) is 0.201. The number of aliphatic hydroxyl groups is 3. The Morgan fingerprint density at radius 1 is 1.03 bits per heavy atom. The van der Waals surface area contributed by atoms with Gasteiger partial charge in [0.15, 0.2) is 5.76 Å². The number of furan rings is 1. The highest BCUT2D eigenvalue weighted by atomic mass is 16.5. The first-order valence-electron chi connectivity index (χ1n) is 12.1. The van der Waals surface area contributed by atoms with Crippen LogP contribution in [0.15, 0.2) is 81.9 Å². The molecule has 10 nitrogen and oxygen atoms in total. The first-order chi connectivity index (χ1) is 18.8. The molecule has 0 aliphatic carbocycles. The van der Waals surface area contributed by atoms with Crippen LogP contribution < -0.4 is 4.74 Å². The van der Waals surface area contributed by atoms with E-state index in [0.717, 1.165) is 31.0 Å². The number of hydrogen-bond donors (Lipinski definition) is 3. The van der Waals surface area contributed by atoms with Crippen molar-refractivity contribution in [3.8, 4) is 17.1 Å². The van der Waals surface area contributed by atoms with E-state index < -0.39 is 5.91 Å². The Morgan fingerprint density at radius 2 is 1.72 bits per heavy atom. The molecule has 0 spiro atoms. The Kier molecular flexibility index (Phi) is 12.3. The van der Waals surface area contributed by atoms with E-state index in [1.807, 2.05) is 38.1 Å². The molecule has 10 heteroatoms. The normalized spacial score (nSPS) is 10.8. The number of ether oxygens (including phenoxy) is 1. The Labute approximate surface area is 227 Å². The second kappa shape index (κ2) is 15.4. The van der Waals surface area contributed by atoms with Crippen molar-refractivity contribution in [2.45, 2.75) is 38.8 Å². The molecule has 4 aromatic rings. The largest absolute Gasteiger partial charge is 0.485 e. The van der Waals surface area contributed by atoms with Crippen molar-refractivity contribution in [2.75, 3.05) is 14.2 Å². The van der Waals surface area contributed by atoms with E-state index in [-0.39, 0.29) is 24.6 Å². The summed E-state index contributed by atoms with van der Waals surface area (Å²) in [6, 6.07) is 19.2. The Bertz CT molecular complexity index is 1260. The average Bonchev–Trinajstić information content (AvgIpc) is 3.66. The molecule has 0 saturated heterocycles. The molecule has 2 aromatic heterocycles. The van der Waals surface area contributed by atoms with Gasteiger partial charge in [-0.3, -0.25) is 4.79 Å². The van der Waals surface area contributed by atoms with E-state index in [0.29, 0.717) is 22.8 Å². The molecular weight excluding hydrogens is 504 g/mol. The number of aromatic nitrogens is 1. The summed E-state index contributed by atoms with van der Waals surface area (Å²) in [5.41, 5.74) is 2.41. The van der Waals surface area contributed by atoms with Gasteiger partial charge in [0.1, 0.15) is 30.7 Å². The summed E-state index contributed by atoms with van der Waals surface area (Å²) in [5.74, 6) is -0.587. The molecule has 3 N–H and O–H groups in total. The summed E-state index contributed by atoms with van der Waals surface area (Å²) >= 11 is 0. The summed E-state index contributed by atoms with van der Waals surface area (Å²) < 4.78 is 15.9. The predicted octanol–water partition coefficient (Wildman–Crippen LogP) is 3.80. The lowest BCUT2D eigenvalue weighted by Gasteiger charge is -2.35. The second-order valence-electron chi connectivity index (χ2n) is 8.50. The third kappa shape index (κ3) is 8.72. The van der Waals surface area contributed by atoms with Crippen LogP contribution in [0.25, 0.3) is 11.3 Å². The standard InChI is InChI=1S/C17H22N2O5.C11H8O2.CH4O/c1-12(2)19(3)17(21,22)15-6-4-5-7-16(15)23-11-14-10-13(8-9-20)18-24-14;12-8-9-3-5-10(6-4-9)11-2-1-7-13-11;1-2/h4-7,9-10,12,21-22H,8,11H2,1-3H3;1-8H;2H,1H3. The number of hydrogen-bond acceptors (Lipinski definition) is 10. The maximum atomic E-state index is 10.5. The molecule has 39 heavy (non-hydrogen) atoms. The lowest BCUT2D eigenvalue weighted by Crippen LogP contribution is -2.47. The van der Waals surface area contributed by atoms with Gasteiger partial charge in [0.25, 0.3) is 5.91 Å². The van der Waals surface area contributed by atoms with Gasteiger partial charge in [-0.25, -0.2) is 4.90 Å². The zero-order valence-electron chi connectivity index (χ0n) is 22.4. The van der Waals surface area contributed by atoms with Crippen LogP contribution in [0.4, 0.5) is 0 Å². The third-order valence-electron chi connectivity index (χ3n) is 5.64. The van der Waals surface area contributed by atoms with E-state index in [2.05, 4.69) is 5.16 Å². The molecule has 2 aromatic carbocycles. The maximum Gasteiger partial charge on any atom is 0.256 e. The van der Waals surface area contributed by atoms with Crippen molar-refractivity contribution >= 4 is 12.6 Å². The number of para-hydroxylation sites is 1. The van der Waals surface area contributed by atoms with Gasteiger partial charge >= 0.3 is 0 Å². The molecular formula is C29H34N2O8. The molecule has 0 bridgehead atoms. The number of aliphatic hydroxyl groups excluding tert-OH is 1. The van der Waals surface area contributed by atoms with E-state index in [9.17, 15) is 19.8 Å². The molecule has 2 heterocycles. The van der Waals surface area contributed by atoms with Crippen molar-refractivity contribution < 1.29 is 38.6 Å². The minimum absolute atomic E-state index is 0.0599. The first-order valence-corrected chi connectivity index (χ1v) is 12.1. The third-order valence-corrected chi connectivity index (χ3v) is 5.64. The number of carbonyl (C=O) groups excluding carboxylic acids is 2. The number of carbonyl (C=O) groups is 2. The van der Waals surface area contributed by atoms with E-state index in [4.69, 9.17) is 18.8 Å². The van der Waals surface area contributed by atoms with Crippen LogP contribution in [0.5, 0.6) is 5.75 Å². The van der Waals surface area contributed by atoms with E-state index >= 15 is 0 Å². The van der Waals surface area contributed by atoms with Crippen molar-refractivity contribution in [3.05, 3.63) is 95.6 Å². The molecule has 208 valence electrons. The average molecular weight is 539 g/mol. The summed E-state index contributed by atoms with van der Waals surface area (Å²) in [6.45, 7) is 3.77. The predicted molar refractivity (Wildman–Crippen MR) is 144 cm³/mol. The number of aldehydes is 2. The lowest BCUT2D eigenvalue weighted by atomic mass is 10.1. The Morgan fingerprint density at radius 3 is 2.31 bits per heavy atom. The minimum Gasteiger partial charge on any atom is -0.485 e. The lowest BCUT2D eigenvalue weighted by molar-refractivity contribution is -0.276. The second-order valence-corrected chi connectivity index (χ2v) is 8.50. The fourth-order valence-corrected chi connectivity index (χ4v) is 3.34. The molecule has 0 amide bonds. The number of nitrogens with zero attached hydrogens (tertiary/aromatic N) is 2. The Hall–Kier alpha value is -4.09. The van der Waals surface area contributed by atoms with Crippen LogP contribution >= 0.6 is 0 Å². The molecule has 0 aliphatic rings. The van der Waals surface area contributed by atoms with Gasteiger partial charge in [-0.2, -0.15) is 0 Å². The fraction of sp³-hybridized carbons (Fsp3) is 0.276. The van der Waals surface area contributed by atoms with Crippen molar-refractivity contribution in [3.63, 3.8) is 0 Å². The van der Waals surface area contributed by atoms with E-state index in [1.54, 1.807) is 55.8 Å². The number of rotatable bonds is 10. The molecule has 0 aliphatic heterocycles. The smallest absolute Gasteiger partial charge is 0.256 e. The van der Waals surface area contributed by atoms with Gasteiger partial charge in [-0.15, -0.1) is 0 Å². The van der Waals surface area contributed by atoms with Gasteiger partial charge in [0.05, 0.1) is 17.5 Å². The van der Waals surface area contributed by atoms with Crippen LogP contribution in [0, 0.1) is 0 Å². The van der Waals surface area contributed by atoms with Crippen molar-refractivity contribution in [2.24, 2.45) is 0 Å². The van der Waals surface area contributed by atoms with Crippen LogP contribution in [-0.2, 0) is 23.7 Å². The highest BCUT2D eigenvalue weighted by molar-refractivity contribution is 5.76. The van der Waals surface area contributed by atoms with Gasteiger partial charge in [0.2, 0.25) is 0 Å². The molecule has 0 fully saturated rings. The minimum atomic E-state index is -2.17. The van der Waals surface area contributed by atoms with Crippen LogP contribution in [-0.4, -0.2) is 58.1 Å². The van der Waals surface area contributed by atoms with Crippen LogP contribution in [0.2, 0.25) is 0 Å². The fourth-order valence-electron chi connectivity index (χ4n) is 3.34. The zero-order valence-corrected chi connectivity index (χ0v) is 22.4. The van der Waals surface area contributed by atoms with Crippen molar-refractivity contribution in [1.82, 2.24) is 10.1 Å². The first kappa shape index (κ1) is 31.1. The highest BCUT2D eigenvalue weighted by Crippen LogP contribution is 2.31. The van der Waals surface area contributed by atoms with Crippen LogP contribution in [0.3, 0.4) is 0 Å². The van der Waals surface area contributed by atoms with Gasteiger partial charge in [0, 0.05) is 36.8 Å². The van der Waals surface area contributed by atoms with Gasteiger partial charge in [-0.05, 0) is 45.2 Å². The molecule has 4 rings (SSSR count). The topological polar surface area (TPSA) is 146 Å². The summed E-state index contributed by atoms with van der Waals surface area (Å²) in [5, 5.41) is 31.8. The molecule has 0 radical (unpaired) electrons. The SMILES string of the molecule is CC(C)N(C)C(O)(O)c1ccccc1OCc1cc(CC=O)no1.CO.O=Cc1ccc(-c2ccco2)cc1. The number of benzene rings is 2. The summed E-state index contributed by atoms with van der Waals surface area (Å²) in [7, 11) is 2.61. The Balaban J connectivity index is 0.000000298. The van der Waals surface area contributed by atoms with E-state index in [1.165, 1.54) is 4.90 Å². The van der Waals surface area contributed by atoms with Gasteiger partial charge in [-0.1, -0.05) is 41.6 Å². The van der Waals surface area contributed by atoms with Crippen molar-refractivity contribution in [1.29, 1.82) is 0 Å². The van der Waals surface area contributed by atoms with Gasteiger partial charge < -0.3 is 33.8 Å². The molecule has 0 unspecified atom stereocenters. The maximum absolute atomic E-state index is 10.5. The summed E-state index contributed by atoms with van der Waals surface area (Å²) in [4.78, 5) is 22.3. The highest BCUT2D eigenvalue weighted by Gasteiger charge is 2.35. The molecule has 0 saturated carbocycles. The summed E-state index contributed by atoms with van der Waals surface area (Å²) in [6.07, 6.45) is 3.37.